The van der Waals surface area contributed by atoms with Crippen LogP contribution < -0.4 is 21.7 Å². The van der Waals surface area contributed by atoms with Crippen LogP contribution in [0.25, 0.3) is 0 Å². The number of likely N-dealkylation sites (N-methyl/N-ethyl adjacent to an activating group) is 2. The number of nitrogens with one attached hydrogen (secondary N) is 3. The van der Waals surface area contributed by atoms with Gasteiger partial charge in [-0.1, -0.05) is 99.6 Å². The van der Waals surface area contributed by atoms with E-state index in [1.54, 1.807) is 56.7 Å². The average molecular weight is 1030 g/mol. The van der Waals surface area contributed by atoms with Gasteiger partial charge in [-0.05, 0) is 87.7 Å². The van der Waals surface area contributed by atoms with Crippen molar-refractivity contribution in [3.05, 3.63) is 49.3 Å². The van der Waals surface area contributed by atoms with Crippen molar-refractivity contribution in [3.63, 3.8) is 0 Å². The van der Waals surface area contributed by atoms with Crippen LogP contribution in [0.4, 0.5) is 4.79 Å². The molecule has 0 spiro atoms. The summed E-state index contributed by atoms with van der Waals surface area (Å²) in [5.74, 6) is -3.30. The Balaban J connectivity index is 3.16. The molecule has 0 aromatic rings. The Bertz CT molecular complexity index is 1820. The summed E-state index contributed by atoms with van der Waals surface area (Å²) in [6.45, 7) is 25.0. The normalized spacial score (nSPS) is 18.6. The molecule has 416 valence electrons. The molecule has 0 aromatic carbocycles. The molecule has 18 nitrogen and oxygen atoms in total. The molecule has 1 saturated heterocycles. The third kappa shape index (κ3) is 20.7. The number of ether oxygens (including phenoxy) is 3. The number of aldehydes is 1. The van der Waals surface area contributed by atoms with Crippen molar-refractivity contribution in [2.75, 3.05) is 41.4 Å². The van der Waals surface area contributed by atoms with Crippen LogP contribution in [0.1, 0.15) is 133 Å². The molecule has 0 aromatic heterocycles. The number of amides is 6. The molecule has 11 unspecified atom stereocenters. The van der Waals surface area contributed by atoms with Gasteiger partial charge in [-0.15, -0.1) is 0 Å². The molecular formula is C55H95N7O11. The number of hydrogen-bond acceptors (Lipinski definition) is 12. The maximum Gasteiger partial charge on any atom is 0.415 e. The van der Waals surface area contributed by atoms with Crippen LogP contribution in [0.15, 0.2) is 49.3 Å². The van der Waals surface area contributed by atoms with E-state index < -0.39 is 72.5 Å². The van der Waals surface area contributed by atoms with Crippen LogP contribution in [0.2, 0.25) is 0 Å². The largest absolute Gasteiger partial charge is 0.418 e. The molecule has 6 N–H and O–H groups in total. The summed E-state index contributed by atoms with van der Waals surface area (Å²) < 4.78 is 17.4. The highest BCUT2D eigenvalue weighted by molar-refractivity contribution is 5.92. The van der Waals surface area contributed by atoms with Crippen molar-refractivity contribution in [2.24, 2.45) is 35.3 Å². The number of rotatable bonds is 35. The summed E-state index contributed by atoms with van der Waals surface area (Å²) in [7, 11) is 6.15. The first-order valence-corrected chi connectivity index (χ1v) is 26.5. The highest BCUT2D eigenvalue weighted by atomic mass is 16.5. The first-order valence-electron chi connectivity index (χ1n) is 26.5. The highest BCUT2D eigenvalue weighted by Crippen LogP contribution is 2.30. The second kappa shape index (κ2) is 34.6. The Morgan fingerprint density at radius 3 is 2.10 bits per heavy atom. The number of carbonyl (C=O) groups is 7. The van der Waals surface area contributed by atoms with Gasteiger partial charge >= 0.3 is 6.09 Å². The van der Waals surface area contributed by atoms with E-state index in [-0.39, 0.29) is 53.7 Å². The average Bonchev–Trinajstić information content (AvgIpc) is 3.85. The monoisotopic (exact) mass is 1030 g/mol. The quantitative estimate of drug-likeness (QED) is 0.0218. The summed E-state index contributed by atoms with van der Waals surface area (Å²) in [6.07, 6.45) is 11.6. The molecule has 6 amide bonds. The summed E-state index contributed by atoms with van der Waals surface area (Å²) in [5, 5.41) is 19.7. The first-order chi connectivity index (χ1) is 34.5. The Labute approximate surface area is 437 Å². The number of nitrogens with two attached hydrogens (primary N) is 1. The lowest BCUT2D eigenvalue weighted by molar-refractivity contribution is -0.148. The zero-order valence-electron chi connectivity index (χ0n) is 46.6. The molecule has 1 rings (SSSR count). The number of hydrogen-bond donors (Lipinski definition) is 5. The molecule has 1 fully saturated rings. The summed E-state index contributed by atoms with van der Waals surface area (Å²) >= 11 is 0. The minimum Gasteiger partial charge on any atom is -0.418 e. The Hall–Kier alpha value is -4.91. The van der Waals surface area contributed by atoms with Gasteiger partial charge in [-0.3, -0.25) is 28.9 Å². The third-order valence-corrected chi connectivity index (χ3v) is 14.2. The Morgan fingerprint density at radius 2 is 1.55 bits per heavy atom. The summed E-state index contributed by atoms with van der Waals surface area (Å²) in [6, 6.07) is -4.14. The van der Waals surface area contributed by atoms with Crippen LogP contribution in [0, 0.1) is 29.6 Å². The fourth-order valence-corrected chi connectivity index (χ4v) is 9.70. The van der Waals surface area contributed by atoms with E-state index in [2.05, 4.69) is 29.1 Å². The second-order valence-corrected chi connectivity index (χ2v) is 20.4. The van der Waals surface area contributed by atoms with Crippen molar-refractivity contribution >= 4 is 41.9 Å². The first kappa shape index (κ1) is 66.1. The van der Waals surface area contributed by atoms with Gasteiger partial charge in [0, 0.05) is 47.3 Å². The Morgan fingerprint density at radius 1 is 0.877 bits per heavy atom. The molecule has 0 aliphatic carbocycles. The van der Waals surface area contributed by atoms with Gasteiger partial charge in [-0.25, -0.2) is 4.79 Å². The molecule has 0 saturated carbocycles. The summed E-state index contributed by atoms with van der Waals surface area (Å²) in [4.78, 5) is 98.2. The zero-order chi connectivity index (χ0) is 55.5. The highest BCUT2D eigenvalue weighted by Gasteiger charge is 2.44. The number of allylic oxidation sites excluding steroid dienone is 3. The van der Waals surface area contributed by atoms with Crippen molar-refractivity contribution in [2.45, 2.75) is 188 Å². The van der Waals surface area contributed by atoms with Crippen LogP contribution in [-0.4, -0.2) is 158 Å². The number of methoxy groups -OCH3 is 2. The van der Waals surface area contributed by atoms with Crippen molar-refractivity contribution < 1.29 is 52.9 Å². The van der Waals surface area contributed by atoms with Gasteiger partial charge < -0.3 is 55.6 Å². The van der Waals surface area contributed by atoms with Gasteiger partial charge in [0.25, 0.3) is 0 Å². The van der Waals surface area contributed by atoms with Gasteiger partial charge in [0.05, 0.1) is 61.1 Å². The topological polar surface area (TPSA) is 239 Å². The maximum atomic E-state index is 14.6. The number of aliphatic hydroxyl groups is 1. The number of nitrogens with zero attached hydrogens (tertiary/aromatic N) is 3. The molecule has 1 heterocycles. The molecule has 1 aliphatic rings. The van der Waals surface area contributed by atoms with Gasteiger partial charge in [0.2, 0.25) is 29.5 Å². The van der Waals surface area contributed by atoms with Crippen LogP contribution in [0.5, 0.6) is 0 Å². The van der Waals surface area contributed by atoms with Crippen LogP contribution >= 0.6 is 0 Å². The minimum atomic E-state index is -1.02. The zero-order valence-corrected chi connectivity index (χ0v) is 46.6. The van der Waals surface area contributed by atoms with Crippen LogP contribution in [0.3, 0.4) is 0 Å². The molecule has 18 heteroatoms. The molecular weight excluding hydrogens is 935 g/mol. The predicted molar refractivity (Wildman–Crippen MR) is 286 cm³/mol. The van der Waals surface area contributed by atoms with E-state index in [0.29, 0.717) is 63.6 Å². The van der Waals surface area contributed by atoms with Gasteiger partial charge in [-0.2, -0.15) is 0 Å². The van der Waals surface area contributed by atoms with E-state index in [1.165, 1.54) is 44.6 Å². The minimum absolute atomic E-state index is 0.0465. The van der Waals surface area contributed by atoms with Gasteiger partial charge in [0.15, 0.2) is 0 Å². The third-order valence-electron chi connectivity index (χ3n) is 14.2. The van der Waals surface area contributed by atoms with E-state index in [0.717, 1.165) is 25.5 Å². The molecule has 0 bridgehead atoms. The fraction of sp³-hybridized carbons (Fsp3) is 0.727. The number of carbonyl (C=O) groups excluding carboxylic acids is 7. The van der Waals surface area contributed by atoms with Crippen molar-refractivity contribution in [1.82, 2.24) is 30.7 Å². The standard InChI is InChI=1S/C55H95N7O11/c1-16-25-40(19-4)49(65)39(11)58-51(66)38(10)50(72-15)43-29-24-31-62(43)45(64)33-44(71-14)48(37(9)18-3)60(12)54(69)46(35(5)6)59-53(68)47(36(7)8)61(13)55(70)73-32-23-21-27-41(26-17-2)52(67)57-30-22-20-28-42(56)34-63/h16,19,23,25,32,34-39,41-44,46-50,65H,1,4,17-18,20-22,24,26-31,33,56H2,2-3,5-15H3,(H,57,67)(H,58,66)(H,59,68)/b32-23+,40-25+/t37?,38?,39?,41?,42?,43?,44?,46-,47?,48?,49?,50?/m0/s1. The van der Waals surface area contributed by atoms with Crippen molar-refractivity contribution in [1.29, 1.82) is 0 Å². The predicted octanol–water partition coefficient (Wildman–Crippen LogP) is 5.83. The SMILES string of the molecule is C=C/C=C(\C=C)C(O)C(C)NC(=O)C(C)C(OC)C1CCCN1C(=O)CC(OC)C(C(C)CC)N(C)C(=O)[C@@H](NC(=O)C(C(C)C)N(C)C(=O)O/C=C/CCC(CCC)C(=O)NCCCCC(N)C=O)C(C)C. The lowest BCUT2D eigenvalue weighted by Gasteiger charge is -2.41. The van der Waals surface area contributed by atoms with E-state index in [4.69, 9.17) is 19.9 Å². The maximum absolute atomic E-state index is 14.6. The van der Waals surface area contributed by atoms with Crippen molar-refractivity contribution in [3.8, 4) is 0 Å². The lowest BCUT2D eigenvalue weighted by Crippen LogP contribution is -2.60. The van der Waals surface area contributed by atoms with E-state index in [1.807, 2.05) is 34.6 Å². The van der Waals surface area contributed by atoms with Gasteiger partial charge in [0.1, 0.15) is 18.4 Å². The number of unbranched alkanes of at least 4 members (excludes halogenated alkanes) is 1. The smallest absolute Gasteiger partial charge is 0.415 e. The fourth-order valence-electron chi connectivity index (χ4n) is 9.70. The second-order valence-electron chi connectivity index (χ2n) is 20.4. The molecule has 1 aliphatic heterocycles. The molecule has 0 radical (unpaired) electrons. The molecule has 73 heavy (non-hydrogen) atoms. The Kier molecular flexibility index (Phi) is 31.3. The van der Waals surface area contributed by atoms with Crippen LogP contribution in [-0.2, 0) is 43.0 Å². The van der Waals surface area contributed by atoms with E-state index >= 15 is 0 Å². The number of likely N-dealkylation sites (tertiary alicyclic amines) is 1. The summed E-state index contributed by atoms with van der Waals surface area (Å²) in [5.41, 5.74) is 6.16. The molecule has 12 atom stereocenters. The van der Waals surface area contributed by atoms with E-state index in [9.17, 15) is 38.7 Å². The number of aliphatic hydroxyl groups excluding tert-OH is 1. The lowest BCUT2D eigenvalue weighted by atomic mass is 9.89.